The maximum Gasteiger partial charge on any atom is 0.405 e. The summed E-state index contributed by atoms with van der Waals surface area (Å²) >= 11 is 0. The van der Waals surface area contributed by atoms with E-state index >= 15 is 0 Å². The van der Waals surface area contributed by atoms with E-state index in [4.69, 9.17) is 10.2 Å². The van der Waals surface area contributed by atoms with Gasteiger partial charge in [0.25, 0.3) is 0 Å². The summed E-state index contributed by atoms with van der Waals surface area (Å²) in [5, 5.41) is 19.2. The Morgan fingerprint density at radius 2 is 2.20 bits per heavy atom. The van der Waals surface area contributed by atoms with Crippen LogP contribution in [0.15, 0.2) is 0 Å². The third-order valence-corrected chi connectivity index (χ3v) is 1.82. The minimum Gasteiger partial charge on any atom is -0.465 e. The molecule has 0 radical (unpaired) electrons. The molecule has 1 aliphatic carbocycles. The summed E-state index contributed by atoms with van der Waals surface area (Å²) in [5.41, 5.74) is -0.277. The van der Waals surface area contributed by atoms with E-state index in [1.165, 1.54) is 0 Å². The Kier molecular flexibility index (Phi) is 1.80. The molecule has 0 unspecified atom stereocenters. The van der Waals surface area contributed by atoms with Gasteiger partial charge in [-0.3, -0.25) is 0 Å². The van der Waals surface area contributed by atoms with E-state index in [1.807, 2.05) is 0 Å². The number of nitrogens with one attached hydrogen (secondary N) is 1. The summed E-state index contributed by atoms with van der Waals surface area (Å²) in [5.74, 6) is 0. The largest absolute Gasteiger partial charge is 0.465 e. The molecule has 0 heterocycles. The predicted molar refractivity (Wildman–Crippen MR) is 34.8 cm³/mol. The van der Waals surface area contributed by atoms with E-state index in [0.717, 1.165) is 12.8 Å². The lowest BCUT2D eigenvalue weighted by Crippen LogP contribution is -2.36. The maximum atomic E-state index is 10.1. The molecule has 0 aliphatic heterocycles. The summed E-state index contributed by atoms with van der Waals surface area (Å²) in [6.45, 7) is 0.0558. The van der Waals surface area contributed by atoms with Gasteiger partial charge in [-0.15, -0.1) is 0 Å². The fourth-order valence-corrected chi connectivity index (χ4v) is 1.03. The highest BCUT2D eigenvalue weighted by molar-refractivity contribution is 5.66. The smallest absolute Gasteiger partial charge is 0.405 e. The molecular formula is C6H11NO3. The van der Waals surface area contributed by atoms with Crippen LogP contribution in [0.1, 0.15) is 19.3 Å². The van der Waals surface area contributed by atoms with Gasteiger partial charge < -0.3 is 15.5 Å². The molecule has 0 aromatic rings. The van der Waals surface area contributed by atoms with Crippen molar-refractivity contribution in [3.8, 4) is 0 Å². The van der Waals surface area contributed by atoms with Gasteiger partial charge >= 0.3 is 6.09 Å². The fourth-order valence-electron chi connectivity index (χ4n) is 1.03. The van der Waals surface area contributed by atoms with Crippen LogP contribution in [-0.2, 0) is 0 Å². The first-order valence-electron chi connectivity index (χ1n) is 3.30. The molecule has 58 valence electrons. The normalized spacial score (nSPS) is 20.1. The summed E-state index contributed by atoms with van der Waals surface area (Å²) in [4.78, 5) is 10.1. The Morgan fingerprint density at radius 1 is 1.60 bits per heavy atom. The minimum absolute atomic E-state index is 0.0558. The zero-order valence-electron chi connectivity index (χ0n) is 5.63. The summed E-state index contributed by atoms with van der Waals surface area (Å²) < 4.78 is 0. The van der Waals surface area contributed by atoms with Crippen molar-refractivity contribution < 1.29 is 15.0 Å². The van der Waals surface area contributed by atoms with Crippen molar-refractivity contribution in [2.75, 3.05) is 6.61 Å². The first kappa shape index (κ1) is 7.34. The first-order chi connectivity index (χ1) is 4.68. The predicted octanol–water partition coefficient (Wildman–Crippen LogP) is 0.169. The van der Waals surface area contributed by atoms with Crippen LogP contribution >= 0.6 is 0 Å². The lowest BCUT2D eigenvalue weighted by Gasteiger charge is -2.11. The van der Waals surface area contributed by atoms with Gasteiger partial charge in [-0.25, -0.2) is 4.79 Å². The average Bonchev–Trinajstić information content (AvgIpc) is 2.47. The Labute approximate surface area is 58.9 Å². The van der Waals surface area contributed by atoms with Gasteiger partial charge in [-0.1, -0.05) is 0 Å². The molecule has 10 heavy (non-hydrogen) atoms. The van der Waals surface area contributed by atoms with E-state index in [9.17, 15) is 4.79 Å². The quantitative estimate of drug-likeness (QED) is 0.530. The van der Waals surface area contributed by atoms with Gasteiger partial charge in [-0.05, 0) is 19.3 Å². The first-order valence-corrected chi connectivity index (χ1v) is 3.30. The van der Waals surface area contributed by atoms with Gasteiger partial charge in [0, 0.05) is 12.1 Å². The van der Waals surface area contributed by atoms with Crippen LogP contribution in [0, 0.1) is 0 Å². The Hall–Kier alpha value is -0.770. The van der Waals surface area contributed by atoms with Gasteiger partial charge in [0.15, 0.2) is 0 Å². The molecule has 0 atom stereocenters. The topological polar surface area (TPSA) is 69.6 Å². The highest BCUT2D eigenvalue weighted by Crippen LogP contribution is 2.38. The van der Waals surface area contributed by atoms with Crippen molar-refractivity contribution >= 4 is 6.09 Å². The van der Waals surface area contributed by atoms with Crippen molar-refractivity contribution in [3.63, 3.8) is 0 Å². The number of rotatable bonds is 3. The summed E-state index contributed by atoms with van der Waals surface area (Å²) in [6, 6.07) is 0. The zero-order chi connectivity index (χ0) is 7.61. The van der Waals surface area contributed by atoms with E-state index < -0.39 is 6.09 Å². The maximum absolute atomic E-state index is 10.1. The number of aliphatic hydroxyl groups is 1. The van der Waals surface area contributed by atoms with Gasteiger partial charge in [0.1, 0.15) is 0 Å². The lowest BCUT2D eigenvalue weighted by molar-refractivity contribution is 0.183. The fraction of sp³-hybridized carbons (Fsp3) is 0.833. The molecule has 1 amide bonds. The van der Waals surface area contributed by atoms with E-state index in [0.29, 0.717) is 6.42 Å². The molecule has 4 nitrogen and oxygen atoms in total. The number of amides is 1. The van der Waals surface area contributed by atoms with Gasteiger partial charge in [0.2, 0.25) is 0 Å². The highest BCUT2D eigenvalue weighted by Gasteiger charge is 2.43. The highest BCUT2D eigenvalue weighted by atomic mass is 16.4. The third-order valence-electron chi connectivity index (χ3n) is 1.82. The molecule has 1 rings (SSSR count). The van der Waals surface area contributed by atoms with E-state index in [1.54, 1.807) is 0 Å². The number of aliphatic hydroxyl groups excluding tert-OH is 1. The molecule has 0 aromatic heterocycles. The van der Waals surface area contributed by atoms with Crippen LogP contribution in [0.2, 0.25) is 0 Å². The van der Waals surface area contributed by atoms with Crippen molar-refractivity contribution in [2.24, 2.45) is 0 Å². The molecule has 0 saturated heterocycles. The molecule has 1 saturated carbocycles. The molecule has 3 N–H and O–H groups in total. The van der Waals surface area contributed by atoms with E-state index in [2.05, 4.69) is 5.32 Å². The molecule has 0 bridgehead atoms. The minimum atomic E-state index is -0.994. The third kappa shape index (κ3) is 1.60. The number of carbonyl (C=O) groups is 1. The van der Waals surface area contributed by atoms with Crippen molar-refractivity contribution in [1.29, 1.82) is 0 Å². The monoisotopic (exact) mass is 145 g/mol. The summed E-state index contributed by atoms with van der Waals surface area (Å²) in [7, 11) is 0. The molecule has 1 fully saturated rings. The molecule has 0 spiro atoms. The Bertz CT molecular complexity index is 142. The zero-order valence-corrected chi connectivity index (χ0v) is 5.63. The lowest BCUT2D eigenvalue weighted by atomic mass is 10.2. The van der Waals surface area contributed by atoms with Crippen molar-refractivity contribution in [2.45, 2.75) is 24.8 Å². The van der Waals surface area contributed by atoms with Gasteiger partial charge in [-0.2, -0.15) is 0 Å². The van der Waals surface area contributed by atoms with Crippen LogP contribution < -0.4 is 5.32 Å². The molecule has 0 aromatic carbocycles. The second-order valence-electron chi connectivity index (χ2n) is 2.68. The van der Waals surface area contributed by atoms with Crippen LogP contribution in [0.4, 0.5) is 4.79 Å². The van der Waals surface area contributed by atoms with E-state index in [-0.39, 0.29) is 12.1 Å². The molecule has 4 heteroatoms. The van der Waals surface area contributed by atoms with Crippen LogP contribution in [0.5, 0.6) is 0 Å². The number of hydrogen-bond donors (Lipinski definition) is 3. The van der Waals surface area contributed by atoms with Crippen LogP contribution in [0.3, 0.4) is 0 Å². The van der Waals surface area contributed by atoms with Gasteiger partial charge in [0.05, 0.1) is 0 Å². The van der Waals surface area contributed by atoms with Crippen molar-refractivity contribution in [1.82, 2.24) is 5.32 Å². The van der Waals surface area contributed by atoms with Crippen LogP contribution in [0.25, 0.3) is 0 Å². The Morgan fingerprint density at radius 3 is 2.50 bits per heavy atom. The second-order valence-corrected chi connectivity index (χ2v) is 2.68. The SMILES string of the molecule is O=C(O)NC1(CCO)CC1. The van der Waals surface area contributed by atoms with Crippen LogP contribution in [-0.4, -0.2) is 28.5 Å². The number of carboxylic acid groups (broad SMARTS) is 1. The standard InChI is InChI=1S/C6H11NO3/c8-4-3-6(1-2-6)7-5(9)10/h7-8H,1-4H2,(H,9,10). The molecular weight excluding hydrogens is 134 g/mol. The average molecular weight is 145 g/mol. The molecule has 1 aliphatic rings. The second kappa shape index (κ2) is 2.46. The Balaban J connectivity index is 2.30. The summed E-state index contributed by atoms with van der Waals surface area (Å²) in [6.07, 6.45) is 1.27. The van der Waals surface area contributed by atoms with Crippen molar-refractivity contribution in [3.05, 3.63) is 0 Å². The number of hydrogen-bond acceptors (Lipinski definition) is 2.